The van der Waals surface area contributed by atoms with Crippen LogP contribution in [0.25, 0.3) is 0 Å². The summed E-state index contributed by atoms with van der Waals surface area (Å²) in [7, 11) is 0. The zero-order valence-electron chi connectivity index (χ0n) is 11.1. The van der Waals surface area contributed by atoms with Crippen LogP contribution in [0, 0.1) is 6.92 Å². The van der Waals surface area contributed by atoms with Gasteiger partial charge >= 0.3 is 0 Å². The first-order valence-corrected chi connectivity index (χ1v) is 7.35. The zero-order valence-corrected chi connectivity index (χ0v) is 11.9. The summed E-state index contributed by atoms with van der Waals surface area (Å²) in [5, 5.41) is 12.3. The summed E-state index contributed by atoms with van der Waals surface area (Å²) in [4.78, 5) is 11.8. The molecule has 2 aromatic rings. The Morgan fingerprint density at radius 3 is 2.80 bits per heavy atom. The molecule has 1 fully saturated rings. The summed E-state index contributed by atoms with van der Waals surface area (Å²) in [6.07, 6.45) is 2.36. The number of ether oxygens (including phenoxy) is 1. The summed E-state index contributed by atoms with van der Waals surface area (Å²) in [5.74, 6) is 1.02. The standard InChI is InChI=1S/C14H15N3O2S/c1-9-2-6-11(7-3-9)19-8-12(18)15-14-17-16-13(20-14)10-4-5-10/h2-3,6-7,10H,4-5,8H2,1H3,(H,15,17,18). The molecule has 0 radical (unpaired) electrons. The third-order valence-electron chi connectivity index (χ3n) is 3.00. The molecule has 0 aliphatic heterocycles. The van der Waals surface area contributed by atoms with Crippen LogP contribution in [0.5, 0.6) is 5.75 Å². The molecule has 1 aromatic carbocycles. The molecule has 6 heteroatoms. The van der Waals surface area contributed by atoms with Crippen LogP contribution < -0.4 is 10.1 Å². The molecule has 1 saturated carbocycles. The number of nitrogens with zero attached hydrogens (tertiary/aromatic N) is 2. The molecule has 0 spiro atoms. The van der Waals surface area contributed by atoms with E-state index in [1.54, 1.807) is 0 Å². The van der Waals surface area contributed by atoms with Gasteiger partial charge in [0.05, 0.1) is 0 Å². The Hall–Kier alpha value is -1.95. The van der Waals surface area contributed by atoms with E-state index in [1.165, 1.54) is 24.2 Å². The Balaban J connectivity index is 1.49. The first kappa shape index (κ1) is 13.1. The van der Waals surface area contributed by atoms with Crippen molar-refractivity contribution in [3.05, 3.63) is 34.8 Å². The average Bonchev–Trinajstić information content (AvgIpc) is 3.19. The van der Waals surface area contributed by atoms with E-state index in [-0.39, 0.29) is 12.5 Å². The van der Waals surface area contributed by atoms with E-state index in [2.05, 4.69) is 15.5 Å². The molecular weight excluding hydrogens is 274 g/mol. The highest BCUT2D eigenvalue weighted by atomic mass is 32.1. The quantitative estimate of drug-likeness (QED) is 0.919. The van der Waals surface area contributed by atoms with E-state index in [0.717, 1.165) is 10.6 Å². The Bertz CT molecular complexity index is 605. The van der Waals surface area contributed by atoms with Crippen molar-refractivity contribution in [1.82, 2.24) is 10.2 Å². The normalized spacial score (nSPS) is 14.1. The fourth-order valence-electron chi connectivity index (χ4n) is 1.72. The number of anilines is 1. The maximum Gasteiger partial charge on any atom is 0.264 e. The van der Waals surface area contributed by atoms with Gasteiger partial charge < -0.3 is 4.74 Å². The second kappa shape index (κ2) is 5.58. The molecule has 104 valence electrons. The van der Waals surface area contributed by atoms with Gasteiger partial charge in [-0.1, -0.05) is 29.0 Å². The van der Waals surface area contributed by atoms with Crippen LogP contribution in [0.4, 0.5) is 5.13 Å². The average molecular weight is 289 g/mol. The summed E-state index contributed by atoms with van der Waals surface area (Å²) in [5.41, 5.74) is 1.16. The van der Waals surface area contributed by atoms with Crippen LogP contribution >= 0.6 is 11.3 Å². The molecular formula is C14H15N3O2S. The third kappa shape index (κ3) is 3.33. The van der Waals surface area contributed by atoms with Crippen LogP contribution in [0.3, 0.4) is 0 Å². The van der Waals surface area contributed by atoms with E-state index in [4.69, 9.17) is 4.74 Å². The van der Waals surface area contributed by atoms with Gasteiger partial charge in [0, 0.05) is 5.92 Å². The van der Waals surface area contributed by atoms with Crippen LogP contribution in [0.1, 0.15) is 29.3 Å². The van der Waals surface area contributed by atoms with Crippen molar-refractivity contribution in [3.8, 4) is 5.75 Å². The highest BCUT2D eigenvalue weighted by Gasteiger charge is 2.27. The van der Waals surface area contributed by atoms with E-state index in [0.29, 0.717) is 16.8 Å². The number of aryl methyl sites for hydroxylation is 1. The summed E-state index contributed by atoms with van der Waals surface area (Å²) >= 11 is 1.45. The lowest BCUT2D eigenvalue weighted by Gasteiger charge is -2.05. The minimum atomic E-state index is -0.218. The van der Waals surface area contributed by atoms with Gasteiger partial charge in [0.1, 0.15) is 10.8 Å². The maximum absolute atomic E-state index is 11.8. The largest absolute Gasteiger partial charge is 0.484 e. The van der Waals surface area contributed by atoms with Gasteiger partial charge in [-0.25, -0.2) is 0 Å². The summed E-state index contributed by atoms with van der Waals surface area (Å²) < 4.78 is 5.41. The first-order valence-electron chi connectivity index (χ1n) is 6.53. The summed E-state index contributed by atoms with van der Waals surface area (Å²) in [6, 6.07) is 7.58. The molecule has 0 atom stereocenters. The van der Waals surface area contributed by atoms with Gasteiger partial charge in [-0.15, -0.1) is 10.2 Å². The van der Waals surface area contributed by atoms with Crippen molar-refractivity contribution < 1.29 is 9.53 Å². The molecule has 1 aromatic heterocycles. The highest BCUT2D eigenvalue weighted by Crippen LogP contribution is 2.41. The van der Waals surface area contributed by atoms with Crippen LogP contribution in [-0.4, -0.2) is 22.7 Å². The predicted molar refractivity (Wildman–Crippen MR) is 77.2 cm³/mol. The van der Waals surface area contributed by atoms with Gasteiger partial charge in [-0.2, -0.15) is 0 Å². The second-order valence-electron chi connectivity index (χ2n) is 4.87. The zero-order chi connectivity index (χ0) is 13.9. The number of rotatable bonds is 5. The molecule has 1 heterocycles. The second-order valence-corrected chi connectivity index (χ2v) is 5.88. The van der Waals surface area contributed by atoms with Gasteiger partial charge in [0.25, 0.3) is 5.91 Å². The lowest BCUT2D eigenvalue weighted by Crippen LogP contribution is -2.20. The van der Waals surface area contributed by atoms with Crippen LogP contribution in [0.2, 0.25) is 0 Å². The van der Waals surface area contributed by atoms with Crippen molar-refractivity contribution in [2.24, 2.45) is 0 Å². The molecule has 1 aliphatic rings. The molecule has 3 rings (SSSR count). The van der Waals surface area contributed by atoms with E-state index >= 15 is 0 Å². The number of hydrogen-bond donors (Lipinski definition) is 1. The molecule has 0 bridgehead atoms. The first-order chi connectivity index (χ1) is 9.70. The van der Waals surface area contributed by atoms with Gasteiger partial charge in [-0.05, 0) is 31.9 Å². The van der Waals surface area contributed by atoms with E-state index < -0.39 is 0 Å². The third-order valence-corrected chi connectivity index (χ3v) is 4.01. The number of carbonyl (C=O) groups is 1. The number of carbonyl (C=O) groups excluding carboxylic acids is 1. The summed E-state index contributed by atoms with van der Waals surface area (Å²) in [6.45, 7) is 1.98. The van der Waals surface area contributed by atoms with Crippen molar-refractivity contribution in [2.75, 3.05) is 11.9 Å². The Labute approximate surface area is 121 Å². The maximum atomic E-state index is 11.8. The van der Waals surface area contributed by atoms with Gasteiger partial charge in [0.15, 0.2) is 6.61 Å². The van der Waals surface area contributed by atoms with E-state index in [9.17, 15) is 4.79 Å². The minimum absolute atomic E-state index is 0.0264. The number of hydrogen-bond acceptors (Lipinski definition) is 5. The predicted octanol–water partition coefficient (Wildman–Crippen LogP) is 2.74. The number of aromatic nitrogens is 2. The smallest absolute Gasteiger partial charge is 0.264 e. The molecule has 1 amide bonds. The van der Waals surface area contributed by atoms with Gasteiger partial charge in [-0.3, -0.25) is 10.1 Å². The van der Waals surface area contributed by atoms with Crippen molar-refractivity contribution in [2.45, 2.75) is 25.7 Å². The van der Waals surface area contributed by atoms with Crippen LogP contribution in [0.15, 0.2) is 24.3 Å². The van der Waals surface area contributed by atoms with Crippen LogP contribution in [-0.2, 0) is 4.79 Å². The number of nitrogens with one attached hydrogen (secondary N) is 1. The molecule has 1 aliphatic carbocycles. The SMILES string of the molecule is Cc1ccc(OCC(=O)Nc2nnc(C3CC3)s2)cc1. The molecule has 0 saturated heterocycles. The Morgan fingerprint density at radius 2 is 2.10 bits per heavy atom. The topological polar surface area (TPSA) is 64.1 Å². The van der Waals surface area contributed by atoms with Gasteiger partial charge in [0.2, 0.25) is 5.13 Å². The van der Waals surface area contributed by atoms with Crippen molar-refractivity contribution in [1.29, 1.82) is 0 Å². The van der Waals surface area contributed by atoms with E-state index in [1.807, 2.05) is 31.2 Å². The fourth-order valence-corrected chi connectivity index (χ4v) is 2.65. The molecule has 5 nitrogen and oxygen atoms in total. The Morgan fingerprint density at radius 1 is 1.35 bits per heavy atom. The minimum Gasteiger partial charge on any atom is -0.484 e. The number of amides is 1. The van der Waals surface area contributed by atoms with Crippen molar-refractivity contribution >= 4 is 22.4 Å². The lowest BCUT2D eigenvalue weighted by molar-refractivity contribution is -0.118. The lowest BCUT2D eigenvalue weighted by atomic mass is 10.2. The molecule has 20 heavy (non-hydrogen) atoms. The Kier molecular flexibility index (Phi) is 3.64. The fraction of sp³-hybridized carbons (Fsp3) is 0.357. The van der Waals surface area contributed by atoms with Crippen molar-refractivity contribution in [3.63, 3.8) is 0 Å². The monoisotopic (exact) mass is 289 g/mol. The molecule has 1 N–H and O–H groups in total. The number of benzene rings is 1. The molecule has 0 unspecified atom stereocenters. The highest BCUT2D eigenvalue weighted by molar-refractivity contribution is 7.15.